The Hall–Kier alpha value is -3.42. The molecule has 1 N–H and O–H groups in total. The lowest BCUT2D eigenvalue weighted by Crippen LogP contribution is -2.45. The Bertz CT molecular complexity index is 1400. The standard InChI is InChI=1S/C30H28Cl2N4O2/c31-25-10-12-27(28(32)18-25)29-13-11-26(38-29)19-33-34-30(37)24-8-6-23(7-9-24)21-36-16-14-35(15-17-36)20-22-4-2-1-3-5-22/h1-13,18-19H,14-17,20-21H2,(H,34,37)/b33-19-. The maximum Gasteiger partial charge on any atom is 0.271 e. The highest BCUT2D eigenvalue weighted by molar-refractivity contribution is 6.36. The maximum atomic E-state index is 12.5. The van der Waals surface area contributed by atoms with Gasteiger partial charge < -0.3 is 4.42 Å². The fraction of sp³-hybridized carbons (Fsp3) is 0.200. The number of hydrazone groups is 1. The van der Waals surface area contributed by atoms with E-state index in [2.05, 4.69) is 50.7 Å². The second-order valence-electron chi connectivity index (χ2n) is 9.26. The van der Waals surface area contributed by atoms with Crippen LogP contribution < -0.4 is 5.43 Å². The molecule has 0 aliphatic carbocycles. The third-order valence-corrected chi connectivity index (χ3v) is 7.07. The van der Waals surface area contributed by atoms with Gasteiger partial charge in [0.05, 0.1) is 11.2 Å². The lowest BCUT2D eigenvalue weighted by atomic mass is 10.1. The molecule has 0 spiro atoms. The van der Waals surface area contributed by atoms with Crippen molar-refractivity contribution in [2.75, 3.05) is 26.2 Å². The molecule has 5 rings (SSSR count). The molecule has 8 heteroatoms. The van der Waals surface area contributed by atoms with Crippen LogP contribution in [0.2, 0.25) is 10.0 Å². The molecular formula is C30H28Cl2N4O2. The minimum atomic E-state index is -0.283. The monoisotopic (exact) mass is 546 g/mol. The summed E-state index contributed by atoms with van der Waals surface area (Å²) in [4.78, 5) is 17.5. The number of amides is 1. The van der Waals surface area contributed by atoms with Crippen LogP contribution in [0.1, 0.15) is 27.2 Å². The third kappa shape index (κ3) is 6.91. The molecule has 1 aliphatic rings. The normalized spacial score (nSPS) is 14.7. The minimum Gasteiger partial charge on any atom is -0.455 e. The minimum absolute atomic E-state index is 0.283. The van der Waals surface area contributed by atoms with Crippen molar-refractivity contribution in [3.8, 4) is 11.3 Å². The average molecular weight is 547 g/mol. The molecule has 1 saturated heterocycles. The molecule has 0 bridgehead atoms. The summed E-state index contributed by atoms with van der Waals surface area (Å²) in [6, 6.07) is 27.0. The van der Waals surface area contributed by atoms with E-state index in [1.165, 1.54) is 17.3 Å². The Kier molecular flexibility index (Phi) is 8.56. The summed E-state index contributed by atoms with van der Waals surface area (Å²) in [5, 5.41) is 5.08. The van der Waals surface area contributed by atoms with Crippen molar-refractivity contribution in [2.24, 2.45) is 5.10 Å². The van der Waals surface area contributed by atoms with E-state index in [9.17, 15) is 4.79 Å². The van der Waals surface area contributed by atoms with Crippen molar-refractivity contribution in [2.45, 2.75) is 13.1 Å². The van der Waals surface area contributed by atoms with Crippen molar-refractivity contribution < 1.29 is 9.21 Å². The predicted octanol–water partition coefficient (Wildman–Crippen LogP) is 6.34. The van der Waals surface area contributed by atoms with E-state index >= 15 is 0 Å². The van der Waals surface area contributed by atoms with E-state index in [0.29, 0.717) is 27.1 Å². The van der Waals surface area contributed by atoms with Gasteiger partial charge in [0.2, 0.25) is 0 Å². The molecule has 0 saturated carbocycles. The lowest BCUT2D eigenvalue weighted by Gasteiger charge is -2.34. The number of nitrogens with zero attached hydrogens (tertiary/aromatic N) is 3. The molecule has 1 aliphatic heterocycles. The van der Waals surface area contributed by atoms with E-state index in [1.807, 2.05) is 24.3 Å². The van der Waals surface area contributed by atoms with Crippen molar-refractivity contribution in [3.63, 3.8) is 0 Å². The molecule has 38 heavy (non-hydrogen) atoms. The summed E-state index contributed by atoms with van der Waals surface area (Å²) >= 11 is 12.2. The zero-order valence-electron chi connectivity index (χ0n) is 20.8. The van der Waals surface area contributed by atoms with Crippen LogP contribution >= 0.6 is 23.2 Å². The Morgan fingerprint density at radius 1 is 0.842 bits per heavy atom. The summed E-state index contributed by atoms with van der Waals surface area (Å²) in [6.45, 7) is 6.04. The molecular weight excluding hydrogens is 519 g/mol. The first-order valence-corrected chi connectivity index (χ1v) is 13.3. The molecule has 2 heterocycles. The van der Waals surface area contributed by atoms with Gasteiger partial charge in [-0.15, -0.1) is 0 Å². The summed E-state index contributed by atoms with van der Waals surface area (Å²) in [6.07, 6.45) is 1.46. The number of benzene rings is 3. The second kappa shape index (κ2) is 12.4. The van der Waals surface area contributed by atoms with Crippen LogP contribution in [0.3, 0.4) is 0 Å². The van der Waals surface area contributed by atoms with Crippen LogP contribution in [0, 0.1) is 0 Å². The van der Waals surface area contributed by atoms with Crippen LogP contribution in [0.15, 0.2) is 94.4 Å². The van der Waals surface area contributed by atoms with E-state index in [-0.39, 0.29) is 5.91 Å². The van der Waals surface area contributed by atoms with E-state index in [0.717, 1.165) is 44.8 Å². The first-order valence-electron chi connectivity index (χ1n) is 12.5. The molecule has 194 valence electrons. The summed E-state index contributed by atoms with van der Waals surface area (Å²) < 4.78 is 5.77. The van der Waals surface area contributed by atoms with Gasteiger partial charge in [0.1, 0.15) is 11.5 Å². The van der Waals surface area contributed by atoms with Crippen molar-refractivity contribution in [1.82, 2.24) is 15.2 Å². The van der Waals surface area contributed by atoms with Crippen LogP contribution in [0.25, 0.3) is 11.3 Å². The van der Waals surface area contributed by atoms with Gasteiger partial charge in [0.25, 0.3) is 5.91 Å². The van der Waals surface area contributed by atoms with Crippen LogP contribution in [0.5, 0.6) is 0 Å². The Morgan fingerprint density at radius 3 is 2.16 bits per heavy atom. The summed E-state index contributed by atoms with van der Waals surface area (Å²) in [7, 11) is 0. The number of carbonyl (C=O) groups is 1. The van der Waals surface area contributed by atoms with Gasteiger partial charge in [-0.2, -0.15) is 5.10 Å². The highest BCUT2D eigenvalue weighted by Gasteiger charge is 2.17. The van der Waals surface area contributed by atoms with Crippen LogP contribution in [0.4, 0.5) is 0 Å². The Balaban J connectivity index is 1.08. The number of hydrogen-bond donors (Lipinski definition) is 1. The predicted molar refractivity (Wildman–Crippen MR) is 153 cm³/mol. The van der Waals surface area contributed by atoms with E-state index < -0.39 is 0 Å². The second-order valence-corrected chi connectivity index (χ2v) is 10.1. The smallest absolute Gasteiger partial charge is 0.271 e. The molecule has 3 aromatic carbocycles. The number of halogens is 2. The highest BCUT2D eigenvalue weighted by Crippen LogP contribution is 2.31. The SMILES string of the molecule is O=C(N/N=C\c1ccc(-c2ccc(Cl)cc2Cl)o1)c1ccc(CN2CCN(Cc3ccccc3)CC2)cc1. The molecule has 0 atom stereocenters. The van der Waals surface area contributed by atoms with E-state index in [1.54, 1.807) is 30.3 Å². The largest absolute Gasteiger partial charge is 0.455 e. The number of piperazine rings is 1. The van der Waals surface area contributed by atoms with E-state index in [4.69, 9.17) is 27.6 Å². The fourth-order valence-electron chi connectivity index (χ4n) is 4.44. The first-order chi connectivity index (χ1) is 18.5. The quantitative estimate of drug-likeness (QED) is 0.207. The number of hydrogen-bond acceptors (Lipinski definition) is 5. The Morgan fingerprint density at radius 2 is 1.50 bits per heavy atom. The van der Waals surface area contributed by atoms with Crippen molar-refractivity contribution >= 4 is 35.3 Å². The van der Waals surface area contributed by atoms with Crippen molar-refractivity contribution in [1.29, 1.82) is 0 Å². The first kappa shape index (κ1) is 26.2. The van der Waals surface area contributed by atoms with Gasteiger partial charge in [0.15, 0.2) is 0 Å². The molecule has 1 amide bonds. The number of rotatable bonds is 8. The Labute approximate surface area is 232 Å². The fourth-order valence-corrected chi connectivity index (χ4v) is 4.94. The van der Waals surface area contributed by atoms with Gasteiger partial charge in [-0.1, -0.05) is 65.7 Å². The summed E-state index contributed by atoms with van der Waals surface area (Å²) in [5.74, 6) is 0.799. The number of furan rings is 1. The van der Waals surface area contributed by atoms with Gasteiger partial charge in [0, 0.05) is 55.4 Å². The summed E-state index contributed by atoms with van der Waals surface area (Å²) in [5.41, 5.74) is 6.37. The van der Waals surface area contributed by atoms with Gasteiger partial charge >= 0.3 is 0 Å². The van der Waals surface area contributed by atoms with Crippen LogP contribution in [-0.2, 0) is 13.1 Å². The van der Waals surface area contributed by atoms with Gasteiger partial charge in [-0.05, 0) is 53.6 Å². The zero-order chi connectivity index (χ0) is 26.3. The topological polar surface area (TPSA) is 61.1 Å². The molecule has 1 fully saturated rings. The zero-order valence-corrected chi connectivity index (χ0v) is 22.3. The van der Waals surface area contributed by atoms with Gasteiger partial charge in [-0.25, -0.2) is 5.43 Å². The number of carbonyl (C=O) groups excluding carboxylic acids is 1. The molecule has 0 radical (unpaired) electrons. The van der Waals surface area contributed by atoms with Crippen molar-refractivity contribution in [3.05, 3.63) is 117 Å². The average Bonchev–Trinajstić information content (AvgIpc) is 3.39. The highest BCUT2D eigenvalue weighted by atomic mass is 35.5. The molecule has 6 nitrogen and oxygen atoms in total. The third-order valence-electron chi connectivity index (χ3n) is 6.52. The lowest BCUT2D eigenvalue weighted by molar-refractivity contribution is 0.0955. The molecule has 4 aromatic rings. The van der Waals surface area contributed by atoms with Crippen LogP contribution in [-0.4, -0.2) is 48.1 Å². The number of nitrogens with one attached hydrogen (secondary N) is 1. The maximum absolute atomic E-state index is 12.5. The molecule has 1 aromatic heterocycles. The van der Waals surface area contributed by atoms with Gasteiger partial charge in [-0.3, -0.25) is 14.6 Å². The molecule has 0 unspecified atom stereocenters.